The number of aldehydes is 1. The van der Waals surface area contributed by atoms with Crippen molar-refractivity contribution in [1.82, 2.24) is 35.1 Å². The summed E-state index contributed by atoms with van der Waals surface area (Å²) in [5.74, 6) is 1.56. The summed E-state index contributed by atoms with van der Waals surface area (Å²) in [7, 11) is 0. The largest absolute Gasteiger partial charge is 0.397 e. The maximum Gasteiger partial charge on any atom is 0.253 e. The first-order valence-electron chi connectivity index (χ1n) is 29.3. The molecule has 0 spiro atoms. The SMILES string of the molecule is Nc1cccc2c1NCCNC2=O.O=C1NCCn2c(-c3ccc(C(Cl)Cc4ccccc4)cc3)nc3cccc1c32.O=C1NCCn2c(-c3ccc(C(O)Cc4ccccc4)cc3)nc3cccc1c32.O=Cc1ccc(C(O)Cc2ccccc2)cc1. The Hall–Kier alpha value is -10.2. The lowest BCUT2D eigenvalue weighted by atomic mass is 10.0. The number of aliphatic hydroxyl groups excluding tert-OH is 2. The third-order valence-electron chi connectivity index (χ3n) is 15.7. The number of carbonyl (C=O) groups excluding carboxylic acids is 4. The van der Waals surface area contributed by atoms with Crippen molar-refractivity contribution in [2.24, 2.45) is 0 Å². The van der Waals surface area contributed by atoms with Crippen molar-refractivity contribution in [3.05, 3.63) is 274 Å². The molecule has 3 aliphatic heterocycles. The summed E-state index contributed by atoms with van der Waals surface area (Å²) in [5, 5.41) is 32.3. The van der Waals surface area contributed by atoms with Gasteiger partial charge in [-0.1, -0.05) is 182 Å². The van der Waals surface area contributed by atoms with Crippen molar-refractivity contribution in [1.29, 1.82) is 0 Å². The predicted molar refractivity (Wildman–Crippen MR) is 347 cm³/mol. The zero-order chi connectivity index (χ0) is 60.9. The molecule has 0 saturated carbocycles. The number of aromatic nitrogens is 4. The van der Waals surface area contributed by atoms with Gasteiger partial charge in [-0.15, -0.1) is 11.6 Å². The molecule has 5 heterocycles. The van der Waals surface area contributed by atoms with E-state index in [0.717, 1.165) is 91.1 Å². The van der Waals surface area contributed by atoms with E-state index in [1.807, 2.05) is 140 Å². The summed E-state index contributed by atoms with van der Waals surface area (Å²) in [5.41, 5.74) is 21.4. The number of fused-ring (bicyclic) bond motifs is 1. The fraction of sp³-hybridized carbons (Fsp3) is 0.167. The van der Waals surface area contributed by atoms with Crippen LogP contribution in [0.3, 0.4) is 0 Å². The highest BCUT2D eigenvalue weighted by Crippen LogP contribution is 2.33. The third kappa shape index (κ3) is 13.9. The van der Waals surface area contributed by atoms with E-state index in [9.17, 15) is 29.4 Å². The molecule has 3 unspecified atom stereocenters. The molecule has 0 aliphatic carbocycles. The fourth-order valence-electron chi connectivity index (χ4n) is 11.1. The lowest BCUT2D eigenvalue weighted by Crippen LogP contribution is -2.24. The Morgan fingerprint density at radius 1 is 0.455 bits per heavy atom. The first kappa shape index (κ1) is 59.5. The average molecular weight is 1190 g/mol. The zero-order valence-electron chi connectivity index (χ0n) is 48.2. The zero-order valence-corrected chi connectivity index (χ0v) is 49.0. The van der Waals surface area contributed by atoms with E-state index in [-0.39, 0.29) is 23.1 Å². The van der Waals surface area contributed by atoms with Gasteiger partial charge in [0.1, 0.15) is 17.9 Å². The standard InChI is InChI=1S/C24H20ClN3O.C24H21N3O2.C15H14O2.C9H11N3O/c25-20(15-16-5-2-1-3-6-16)17-9-11-18(12-10-17)23-27-21-8-4-7-19-22(21)28(23)14-13-26-24(19)29;28-21(15-16-5-2-1-3-6-16)17-9-11-18(12-10-17)23-26-20-8-4-7-19-22(20)27(23)14-13-25-24(19)29;16-11-13-6-8-14(9-7-13)15(17)10-12-4-2-1-3-5-12;10-7-3-1-2-6-8(7)11-4-5-12-9(6)13/h1-12,20H,13-15H2,(H,26,29);1-12,21,28H,13-15H2,(H,25,29);1-9,11,15,17H,10H2;1-3,11H,4-5,10H2,(H,12,13). The number of anilines is 2. The summed E-state index contributed by atoms with van der Waals surface area (Å²) in [6, 6.07) is 70.0. The molecule has 0 bridgehead atoms. The Morgan fingerprint density at radius 3 is 1.33 bits per heavy atom. The number of amides is 3. The van der Waals surface area contributed by atoms with E-state index >= 15 is 0 Å². The molecule has 0 radical (unpaired) electrons. The van der Waals surface area contributed by atoms with Crippen LogP contribution in [-0.2, 0) is 32.4 Å². The molecule has 3 aliphatic rings. The molecule has 16 heteroatoms. The van der Waals surface area contributed by atoms with E-state index in [2.05, 4.69) is 66.8 Å². The molecule has 15 nitrogen and oxygen atoms in total. The molecule has 14 rings (SSSR count). The van der Waals surface area contributed by atoms with Crippen LogP contribution in [0.1, 0.15) is 92.4 Å². The number of hydrogen-bond acceptors (Lipinski definition) is 10. The van der Waals surface area contributed by atoms with Crippen LogP contribution in [0.25, 0.3) is 44.8 Å². The molecule has 3 atom stereocenters. The van der Waals surface area contributed by atoms with Crippen LogP contribution in [0.15, 0.2) is 218 Å². The van der Waals surface area contributed by atoms with Crippen molar-refractivity contribution >= 4 is 69.1 Å². The van der Waals surface area contributed by atoms with Crippen molar-refractivity contribution in [2.75, 3.05) is 37.2 Å². The van der Waals surface area contributed by atoms with E-state index in [1.165, 1.54) is 5.56 Å². The molecule has 8 N–H and O–H groups in total. The Balaban J connectivity index is 0.000000127. The number of alkyl halides is 1. The number of nitrogens with two attached hydrogens (primary N) is 1. The lowest BCUT2D eigenvalue weighted by molar-refractivity contribution is 0.0948. The smallest absolute Gasteiger partial charge is 0.253 e. The predicted octanol–water partition coefficient (Wildman–Crippen LogP) is 11.9. The summed E-state index contributed by atoms with van der Waals surface area (Å²) < 4.78 is 4.25. The summed E-state index contributed by atoms with van der Waals surface area (Å²) in [4.78, 5) is 56.3. The molecular weight excluding hydrogens is 1120 g/mol. The highest BCUT2D eigenvalue weighted by Gasteiger charge is 2.24. The highest BCUT2D eigenvalue weighted by molar-refractivity contribution is 6.21. The maximum absolute atomic E-state index is 12.3. The fourth-order valence-corrected chi connectivity index (χ4v) is 11.4. The number of hydrogen-bond donors (Lipinski definition) is 7. The summed E-state index contributed by atoms with van der Waals surface area (Å²) in [6.07, 6.45) is 1.67. The van der Waals surface area contributed by atoms with Gasteiger partial charge in [-0.3, -0.25) is 19.2 Å². The lowest BCUT2D eigenvalue weighted by Gasteiger charge is -2.12. The molecule has 11 aromatic rings. The minimum Gasteiger partial charge on any atom is -0.397 e. The van der Waals surface area contributed by atoms with Crippen LogP contribution in [0.4, 0.5) is 11.4 Å². The van der Waals surface area contributed by atoms with Gasteiger partial charge in [-0.2, -0.15) is 0 Å². The van der Waals surface area contributed by atoms with Crippen LogP contribution in [0.2, 0.25) is 0 Å². The number of nitrogens with zero attached hydrogens (tertiary/aromatic N) is 4. The van der Waals surface area contributed by atoms with Gasteiger partial charge in [0.2, 0.25) is 0 Å². The summed E-state index contributed by atoms with van der Waals surface area (Å²) in [6.45, 7) is 3.88. The Kier molecular flexibility index (Phi) is 18.9. The molecule has 88 heavy (non-hydrogen) atoms. The number of nitrogen functional groups attached to an aromatic ring is 1. The maximum atomic E-state index is 12.3. The minimum atomic E-state index is -0.555. The molecule has 3 amide bonds. The van der Waals surface area contributed by atoms with E-state index in [0.29, 0.717) is 80.1 Å². The molecule has 9 aromatic carbocycles. The summed E-state index contributed by atoms with van der Waals surface area (Å²) >= 11 is 6.66. The number of para-hydroxylation sites is 3. The van der Waals surface area contributed by atoms with Gasteiger partial charge in [0.15, 0.2) is 0 Å². The van der Waals surface area contributed by atoms with E-state index in [4.69, 9.17) is 27.3 Å². The van der Waals surface area contributed by atoms with Gasteiger partial charge in [-0.05, 0) is 76.2 Å². The molecular formula is C72H66ClN9O6. The van der Waals surface area contributed by atoms with Crippen LogP contribution < -0.4 is 27.0 Å². The molecule has 0 fully saturated rings. The normalized spacial score (nSPS) is 14.1. The van der Waals surface area contributed by atoms with Gasteiger partial charge >= 0.3 is 0 Å². The van der Waals surface area contributed by atoms with E-state index in [1.54, 1.807) is 42.5 Å². The Morgan fingerprint density at radius 2 is 0.852 bits per heavy atom. The van der Waals surface area contributed by atoms with Crippen LogP contribution in [0.5, 0.6) is 0 Å². The first-order valence-corrected chi connectivity index (χ1v) is 29.8. The molecule has 0 saturated heterocycles. The number of aliphatic hydroxyl groups is 2. The van der Waals surface area contributed by atoms with Gasteiger partial charge < -0.3 is 46.3 Å². The third-order valence-corrected chi connectivity index (χ3v) is 16.1. The molecule has 2 aromatic heterocycles. The second kappa shape index (κ2) is 27.9. The second-order valence-electron chi connectivity index (χ2n) is 21.6. The number of carbonyl (C=O) groups is 4. The van der Waals surface area contributed by atoms with Gasteiger partial charge in [0.05, 0.1) is 67.7 Å². The topological polar surface area (TPSA) is 219 Å². The van der Waals surface area contributed by atoms with Crippen LogP contribution in [0, 0.1) is 0 Å². The van der Waals surface area contributed by atoms with Crippen LogP contribution in [-0.4, -0.2) is 79.5 Å². The number of benzene rings is 9. The number of rotatable bonds is 12. The average Bonchev–Trinajstić information content (AvgIpc) is 2.02. The number of imidazole rings is 2. The Bertz CT molecular complexity index is 4030. The van der Waals surface area contributed by atoms with Gasteiger partial charge in [-0.25, -0.2) is 9.97 Å². The minimum absolute atomic E-state index is 0.0398. The first-order chi connectivity index (χ1) is 43.0. The van der Waals surface area contributed by atoms with Gasteiger partial charge in [0, 0.05) is 68.8 Å². The van der Waals surface area contributed by atoms with Crippen molar-refractivity contribution in [3.8, 4) is 22.8 Å². The number of halogens is 1. The second-order valence-corrected chi connectivity index (χ2v) is 22.1. The van der Waals surface area contributed by atoms with Crippen LogP contribution >= 0.6 is 11.6 Å². The van der Waals surface area contributed by atoms with Gasteiger partial charge in [0.25, 0.3) is 17.7 Å². The number of nitrogens with one attached hydrogen (secondary N) is 4. The van der Waals surface area contributed by atoms with Crippen molar-refractivity contribution in [2.45, 2.75) is 49.9 Å². The highest BCUT2D eigenvalue weighted by atomic mass is 35.5. The monoisotopic (exact) mass is 1190 g/mol. The quantitative estimate of drug-likeness (QED) is 0.0349. The van der Waals surface area contributed by atoms with Crippen molar-refractivity contribution < 1.29 is 29.4 Å². The molecule has 442 valence electrons. The Labute approximate surface area is 514 Å². The van der Waals surface area contributed by atoms with E-state index < -0.39 is 12.2 Å². The van der Waals surface area contributed by atoms with Crippen molar-refractivity contribution in [3.63, 3.8) is 0 Å².